The Hall–Kier alpha value is -2.64. The van der Waals surface area contributed by atoms with Crippen LogP contribution < -0.4 is 14.8 Å². The van der Waals surface area contributed by atoms with Crippen LogP contribution in [0.25, 0.3) is 10.2 Å². The summed E-state index contributed by atoms with van der Waals surface area (Å²) in [6.07, 6.45) is 4.18. The van der Waals surface area contributed by atoms with Gasteiger partial charge in [-0.25, -0.2) is 4.98 Å². The second-order valence-electron chi connectivity index (χ2n) is 7.76. The zero-order valence-electron chi connectivity index (χ0n) is 16.8. The smallest absolute Gasteiger partial charge is 0.238 e. The minimum Gasteiger partial charge on any atom is -0.490 e. The van der Waals surface area contributed by atoms with Gasteiger partial charge in [-0.05, 0) is 43.7 Å². The average molecular weight is 424 g/mol. The molecule has 7 heteroatoms. The SMILES string of the molecule is O=C(CN1CCCC[C@H]1c1nc2ccccc2s1)Nc1ccc2c(c1)OCCCO2. The number of piperidine rings is 1. The monoisotopic (exact) mass is 423 g/mol. The predicted molar refractivity (Wildman–Crippen MR) is 118 cm³/mol. The Morgan fingerprint density at radius 3 is 2.87 bits per heavy atom. The number of hydrogen-bond donors (Lipinski definition) is 1. The lowest BCUT2D eigenvalue weighted by Crippen LogP contribution is -2.39. The molecule has 6 nitrogen and oxygen atoms in total. The molecule has 2 aromatic carbocycles. The maximum atomic E-state index is 12.8. The van der Waals surface area contributed by atoms with E-state index in [4.69, 9.17) is 14.5 Å². The van der Waals surface area contributed by atoms with Gasteiger partial charge in [-0.3, -0.25) is 9.69 Å². The first-order valence-corrected chi connectivity index (χ1v) is 11.4. The van der Waals surface area contributed by atoms with Crippen molar-refractivity contribution in [2.45, 2.75) is 31.7 Å². The quantitative estimate of drug-likeness (QED) is 0.663. The van der Waals surface area contributed by atoms with Crippen LogP contribution in [0.1, 0.15) is 36.7 Å². The molecule has 1 N–H and O–H groups in total. The van der Waals surface area contributed by atoms with E-state index in [9.17, 15) is 4.79 Å². The van der Waals surface area contributed by atoms with Gasteiger partial charge in [-0.2, -0.15) is 0 Å². The molecule has 2 aliphatic heterocycles. The van der Waals surface area contributed by atoms with Gasteiger partial charge >= 0.3 is 0 Å². The zero-order chi connectivity index (χ0) is 20.3. The van der Waals surface area contributed by atoms with Crippen LogP contribution in [-0.2, 0) is 4.79 Å². The number of amides is 1. The van der Waals surface area contributed by atoms with Crippen LogP contribution >= 0.6 is 11.3 Å². The predicted octanol–water partition coefficient (Wildman–Crippen LogP) is 4.62. The van der Waals surface area contributed by atoms with E-state index in [1.54, 1.807) is 11.3 Å². The summed E-state index contributed by atoms with van der Waals surface area (Å²) in [6, 6.07) is 14.0. The molecular formula is C23H25N3O3S. The minimum absolute atomic E-state index is 0.0162. The van der Waals surface area contributed by atoms with Gasteiger partial charge in [0.25, 0.3) is 0 Å². The Balaban J connectivity index is 1.28. The van der Waals surface area contributed by atoms with Gasteiger partial charge in [0.2, 0.25) is 5.91 Å². The van der Waals surface area contributed by atoms with Crippen molar-refractivity contribution < 1.29 is 14.3 Å². The number of carbonyl (C=O) groups is 1. The van der Waals surface area contributed by atoms with Gasteiger partial charge in [-0.15, -0.1) is 11.3 Å². The van der Waals surface area contributed by atoms with Crippen molar-refractivity contribution in [2.24, 2.45) is 0 Å². The van der Waals surface area contributed by atoms with Gasteiger partial charge in [0.1, 0.15) is 5.01 Å². The number of nitrogens with zero attached hydrogens (tertiary/aromatic N) is 2. The molecule has 1 aromatic heterocycles. The second kappa shape index (κ2) is 8.62. The Morgan fingerprint density at radius 2 is 1.97 bits per heavy atom. The molecule has 1 saturated heterocycles. The Kier molecular flexibility index (Phi) is 5.55. The van der Waals surface area contributed by atoms with Crippen molar-refractivity contribution >= 4 is 33.1 Å². The molecule has 156 valence electrons. The number of likely N-dealkylation sites (tertiary alicyclic amines) is 1. The Morgan fingerprint density at radius 1 is 1.10 bits per heavy atom. The number of anilines is 1. The van der Waals surface area contributed by atoms with Crippen molar-refractivity contribution in [1.82, 2.24) is 9.88 Å². The first kappa shape index (κ1) is 19.3. The molecule has 3 aromatic rings. The molecule has 0 unspecified atom stereocenters. The van der Waals surface area contributed by atoms with Crippen LogP contribution in [0.3, 0.4) is 0 Å². The summed E-state index contributed by atoms with van der Waals surface area (Å²) in [7, 11) is 0. The lowest BCUT2D eigenvalue weighted by atomic mass is 10.0. The number of carbonyl (C=O) groups excluding carboxylic acids is 1. The molecule has 1 atom stereocenters. The number of benzene rings is 2. The van der Waals surface area contributed by atoms with Crippen molar-refractivity contribution in [3.63, 3.8) is 0 Å². The Bertz CT molecular complexity index is 1020. The van der Waals surface area contributed by atoms with E-state index < -0.39 is 0 Å². The van der Waals surface area contributed by atoms with Crippen molar-refractivity contribution in [3.05, 3.63) is 47.5 Å². The fourth-order valence-electron chi connectivity index (χ4n) is 4.12. The molecule has 0 radical (unpaired) electrons. The standard InChI is InChI=1S/C23H25N3O3S/c27-22(24-16-9-10-19-20(14-16)29-13-5-12-28-19)15-26-11-4-3-7-18(26)23-25-17-6-1-2-8-21(17)30-23/h1-2,6,8-10,14,18H,3-5,7,11-13,15H2,(H,24,27)/t18-/m0/s1. The van der Waals surface area contributed by atoms with E-state index in [1.807, 2.05) is 30.3 Å². The molecule has 1 fully saturated rings. The van der Waals surface area contributed by atoms with Crippen molar-refractivity contribution in [1.29, 1.82) is 0 Å². The third-order valence-corrected chi connectivity index (χ3v) is 6.72. The van der Waals surface area contributed by atoms with Gasteiger partial charge < -0.3 is 14.8 Å². The number of fused-ring (bicyclic) bond motifs is 2. The first-order valence-electron chi connectivity index (χ1n) is 10.6. The molecule has 3 heterocycles. The maximum Gasteiger partial charge on any atom is 0.238 e. The normalized spacial score (nSPS) is 19.4. The third kappa shape index (κ3) is 4.13. The summed E-state index contributed by atoms with van der Waals surface area (Å²) in [4.78, 5) is 19.9. The van der Waals surface area contributed by atoms with E-state index in [2.05, 4.69) is 22.3 Å². The molecule has 30 heavy (non-hydrogen) atoms. The van der Waals surface area contributed by atoms with Crippen molar-refractivity contribution in [2.75, 3.05) is 31.6 Å². The summed E-state index contributed by atoms with van der Waals surface area (Å²) in [5.74, 6) is 1.41. The van der Waals surface area contributed by atoms with Crippen LogP contribution in [0.2, 0.25) is 0 Å². The zero-order valence-corrected chi connectivity index (χ0v) is 17.6. The lowest BCUT2D eigenvalue weighted by Gasteiger charge is -2.33. The highest BCUT2D eigenvalue weighted by molar-refractivity contribution is 7.18. The van der Waals surface area contributed by atoms with E-state index >= 15 is 0 Å². The number of rotatable bonds is 4. The fourth-order valence-corrected chi connectivity index (χ4v) is 5.26. The largest absolute Gasteiger partial charge is 0.490 e. The van der Waals surface area contributed by atoms with Crippen LogP contribution in [-0.4, -0.2) is 42.1 Å². The third-order valence-electron chi connectivity index (χ3n) is 5.59. The van der Waals surface area contributed by atoms with Gasteiger partial charge in [0.05, 0.1) is 36.0 Å². The fraction of sp³-hybridized carbons (Fsp3) is 0.391. The highest BCUT2D eigenvalue weighted by Crippen LogP contribution is 2.36. The molecule has 5 rings (SSSR count). The van der Waals surface area contributed by atoms with Crippen LogP contribution in [0, 0.1) is 0 Å². The summed E-state index contributed by atoms with van der Waals surface area (Å²) >= 11 is 1.74. The number of thiazole rings is 1. The number of hydrogen-bond acceptors (Lipinski definition) is 6. The highest BCUT2D eigenvalue weighted by Gasteiger charge is 2.28. The van der Waals surface area contributed by atoms with E-state index in [0.29, 0.717) is 25.5 Å². The topological polar surface area (TPSA) is 63.7 Å². The van der Waals surface area contributed by atoms with Gasteiger partial charge in [-0.1, -0.05) is 18.6 Å². The number of para-hydroxylation sites is 1. The molecule has 0 aliphatic carbocycles. The molecule has 0 saturated carbocycles. The van der Waals surface area contributed by atoms with E-state index in [1.165, 1.54) is 11.1 Å². The molecule has 1 amide bonds. The molecule has 0 bridgehead atoms. The van der Waals surface area contributed by atoms with Gasteiger partial charge in [0.15, 0.2) is 11.5 Å². The van der Waals surface area contributed by atoms with Crippen LogP contribution in [0.5, 0.6) is 11.5 Å². The lowest BCUT2D eigenvalue weighted by molar-refractivity contribution is -0.118. The number of aromatic nitrogens is 1. The van der Waals surface area contributed by atoms with E-state index in [0.717, 1.165) is 47.8 Å². The maximum absolute atomic E-state index is 12.8. The summed E-state index contributed by atoms with van der Waals surface area (Å²) < 4.78 is 12.6. The van der Waals surface area contributed by atoms with Crippen LogP contribution in [0.4, 0.5) is 5.69 Å². The summed E-state index contributed by atoms with van der Waals surface area (Å²) in [6.45, 7) is 2.55. The summed E-state index contributed by atoms with van der Waals surface area (Å²) in [5.41, 5.74) is 1.78. The summed E-state index contributed by atoms with van der Waals surface area (Å²) in [5, 5.41) is 4.14. The minimum atomic E-state index is -0.0162. The van der Waals surface area contributed by atoms with Crippen LogP contribution in [0.15, 0.2) is 42.5 Å². The number of nitrogens with one attached hydrogen (secondary N) is 1. The number of ether oxygens (including phenoxy) is 2. The second-order valence-corrected chi connectivity index (χ2v) is 8.82. The van der Waals surface area contributed by atoms with Crippen molar-refractivity contribution in [3.8, 4) is 11.5 Å². The first-order chi connectivity index (χ1) is 14.8. The molecule has 0 spiro atoms. The average Bonchev–Trinajstić information content (AvgIpc) is 3.05. The molecule has 2 aliphatic rings. The van der Waals surface area contributed by atoms with Gasteiger partial charge in [0, 0.05) is 18.2 Å². The molecular weight excluding hydrogens is 398 g/mol. The van der Waals surface area contributed by atoms with E-state index in [-0.39, 0.29) is 11.9 Å². The Labute approximate surface area is 179 Å². The highest BCUT2D eigenvalue weighted by atomic mass is 32.1.